The van der Waals surface area contributed by atoms with Gasteiger partial charge >= 0.3 is 0 Å². The molecule has 0 aromatic heterocycles. The van der Waals surface area contributed by atoms with Crippen molar-refractivity contribution in [1.29, 1.82) is 0 Å². The van der Waals surface area contributed by atoms with Crippen molar-refractivity contribution in [2.75, 3.05) is 0 Å². The van der Waals surface area contributed by atoms with Crippen LogP contribution >= 0.6 is 0 Å². The summed E-state index contributed by atoms with van der Waals surface area (Å²) in [5.74, 6) is 0.632. The number of ketones is 2. The molecule has 0 aliphatic carbocycles. The Kier molecular flexibility index (Phi) is 6.32. The van der Waals surface area contributed by atoms with E-state index < -0.39 is 0 Å². The number of Topliss-reactive ketones (excluding diaryl/α,β-unsaturated/α-hetero) is 2. The molecule has 0 fully saturated rings. The Morgan fingerprint density at radius 3 is 2.05 bits per heavy atom. The van der Waals surface area contributed by atoms with Crippen LogP contribution in [0.1, 0.15) is 58.6 Å². The molecule has 0 heterocycles. The molecule has 2 heteroatoms. The summed E-state index contributed by atoms with van der Waals surface area (Å²) >= 11 is 0. The maximum Gasteiger partial charge on any atom is 0.133 e. The molecule has 0 bridgehead atoms. The largest absolute Gasteiger partial charge is 0.300 e. The smallest absolute Gasteiger partial charge is 0.133 e. The van der Waals surface area contributed by atoms with Crippen molar-refractivity contribution >= 4 is 11.6 Å². The van der Waals surface area contributed by atoms with Gasteiger partial charge in [0.15, 0.2) is 0 Å². The van der Waals surface area contributed by atoms with Gasteiger partial charge in [-0.3, -0.25) is 9.59 Å². The molecule has 1 atom stereocenters. The second-order valence-corrected chi connectivity index (χ2v) is 7.31. The molecule has 21 heavy (non-hydrogen) atoms. The molecule has 0 aliphatic rings. The number of hydrogen-bond donors (Lipinski definition) is 0. The third kappa shape index (κ3) is 7.22. The van der Waals surface area contributed by atoms with Crippen LogP contribution in [0.3, 0.4) is 0 Å². The SMILES string of the molecule is CC(=O)[C@H](C)Cc1ccc(CCC(=O)CC(C)(C)C)cc1. The van der Waals surface area contributed by atoms with E-state index in [4.69, 9.17) is 0 Å². The van der Waals surface area contributed by atoms with Crippen molar-refractivity contribution in [2.45, 2.75) is 60.3 Å². The number of hydrogen-bond acceptors (Lipinski definition) is 2. The van der Waals surface area contributed by atoms with E-state index in [1.54, 1.807) is 6.92 Å². The van der Waals surface area contributed by atoms with E-state index in [0.29, 0.717) is 18.6 Å². The van der Waals surface area contributed by atoms with E-state index in [9.17, 15) is 9.59 Å². The lowest BCUT2D eigenvalue weighted by Gasteiger charge is -2.16. The third-order valence-electron chi connectivity index (χ3n) is 3.68. The van der Waals surface area contributed by atoms with Crippen LogP contribution in [0.25, 0.3) is 0 Å². The normalized spacial score (nSPS) is 13.0. The Bertz CT molecular complexity index is 477. The standard InChI is InChI=1S/C19H28O2/c1-14(15(2)20)12-17-8-6-16(7-9-17)10-11-18(21)13-19(3,4)5/h6-9,14H,10-13H2,1-5H3/t14-/m1/s1. The summed E-state index contributed by atoms with van der Waals surface area (Å²) in [5.41, 5.74) is 2.45. The fourth-order valence-electron chi connectivity index (χ4n) is 2.30. The van der Waals surface area contributed by atoms with Crippen LogP contribution in [0.5, 0.6) is 0 Å². The monoisotopic (exact) mass is 288 g/mol. The van der Waals surface area contributed by atoms with Crippen molar-refractivity contribution in [3.63, 3.8) is 0 Å². The molecule has 0 unspecified atom stereocenters. The maximum absolute atomic E-state index is 11.9. The van der Waals surface area contributed by atoms with Crippen LogP contribution in [0.4, 0.5) is 0 Å². The Labute approximate surface area is 128 Å². The Balaban J connectivity index is 2.48. The molecular weight excluding hydrogens is 260 g/mol. The lowest BCUT2D eigenvalue weighted by Crippen LogP contribution is -2.13. The van der Waals surface area contributed by atoms with Crippen LogP contribution in [0, 0.1) is 11.3 Å². The molecule has 0 saturated carbocycles. The first-order valence-electron chi connectivity index (χ1n) is 7.77. The third-order valence-corrected chi connectivity index (χ3v) is 3.68. The van der Waals surface area contributed by atoms with Gasteiger partial charge in [0.1, 0.15) is 11.6 Å². The molecule has 1 rings (SSSR count). The minimum absolute atomic E-state index is 0.0732. The van der Waals surface area contributed by atoms with Gasteiger partial charge in [-0.2, -0.15) is 0 Å². The summed E-state index contributed by atoms with van der Waals surface area (Å²) in [7, 11) is 0. The van der Waals surface area contributed by atoms with Crippen molar-refractivity contribution in [1.82, 2.24) is 0 Å². The quantitative estimate of drug-likeness (QED) is 0.745. The predicted octanol–water partition coefficient (Wildman–Crippen LogP) is 4.39. The van der Waals surface area contributed by atoms with E-state index in [1.165, 1.54) is 11.1 Å². The molecule has 2 nitrogen and oxygen atoms in total. The second kappa shape index (κ2) is 7.53. The summed E-state index contributed by atoms with van der Waals surface area (Å²) < 4.78 is 0. The molecule has 116 valence electrons. The topological polar surface area (TPSA) is 34.1 Å². The molecule has 1 aromatic rings. The summed E-state index contributed by atoms with van der Waals surface area (Å²) in [6, 6.07) is 8.30. The van der Waals surface area contributed by atoms with Crippen molar-refractivity contribution in [3.8, 4) is 0 Å². The average Bonchev–Trinajstić information content (AvgIpc) is 2.35. The minimum atomic E-state index is 0.0732. The average molecular weight is 288 g/mol. The van der Waals surface area contributed by atoms with Gasteiger partial charge in [-0.1, -0.05) is 52.0 Å². The Morgan fingerprint density at radius 2 is 1.57 bits per heavy atom. The molecule has 0 radical (unpaired) electrons. The van der Waals surface area contributed by atoms with Gasteiger partial charge in [-0.05, 0) is 36.3 Å². The highest BCUT2D eigenvalue weighted by molar-refractivity contribution is 5.79. The zero-order chi connectivity index (χ0) is 16.0. The molecule has 0 N–H and O–H groups in total. The summed E-state index contributed by atoms with van der Waals surface area (Å²) in [4.78, 5) is 23.2. The Morgan fingerprint density at radius 1 is 1.05 bits per heavy atom. The summed E-state index contributed by atoms with van der Waals surface area (Å²) in [5, 5.41) is 0. The zero-order valence-electron chi connectivity index (χ0n) is 14.0. The van der Waals surface area contributed by atoms with Gasteiger partial charge in [0.25, 0.3) is 0 Å². The highest BCUT2D eigenvalue weighted by atomic mass is 16.1. The number of carbonyl (C=O) groups is 2. The van der Waals surface area contributed by atoms with Crippen molar-refractivity contribution in [2.24, 2.45) is 11.3 Å². The lowest BCUT2D eigenvalue weighted by atomic mass is 9.88. The molecule has 0 saturated heterocycles. The predicted molar refractivity (Wildman–Crippen MR) is 87.4 cm³/mol. The van der Waals surface area contributed by atoms with Gasteiger partial charge < -0.3 is 0 Å². The molecular formula is C19H28O2. The summed E-state index contributed by atoms with van der Waals surface area (Å²) in [6.45, 7) is 9.88. The van der Waals surface area contributed by atoms with E-state index in [-0.39, 0.29) is 17.1 Å². The van der Waals surface area contributed by atoms with Crippen LogP contribution in [-0.4, -0.2) is 11.6 Å². The van der Waals surface area contributed by atoms with Crippen LogP contribution in [0.2, 0.25) is 0 Å². The molecule has 1 aromatic carbocycles. The van der Waals surface area contributed by atoms with E-state index in [2.05, 4.69) is 45.0 Å². The highest BCUT2D eigenvalue weighted by Crippen LogP contribution is 2.20. The number of carbonyl (C=O) groups excluding carboxylic acids is 2. The number of rotatable bonds is 7. The molecule has 0 amide bonds. The number of aryl methyl sites for hydroxylation is 1. The van der Waals surface area contributed by atoms with Gasteiger partial charge in [-0.25, -0.2) is 0 Å². The first-order valence-corrected chi connectivity index (χ1v) is 7.77. The molecule has 0 aliphatic heterocycles. The lowest BCUT2D eigenvalue weighted by molar-refractivity contribution is -0.121. The second-order valence-electron chi connectivity index (χ2n) is 7.31. The van der Waals surface area contributed by atoms with Gasteiger partial charge in [0.05, 0.1) is 0 Å². The van der Waals surface area contributed by atoms with Crippen LogP contribution in [-0.2, 0) is 22.4 Å². The zero-order valence-corrected chi connectivity index (χ0v) is 14.0. The van der Waals surface area contributed by atoms with E-state index in [1.807, 2.05) is 6.92 Å². The maximum atomic E-state index is 11.9. The number of benzene rings is 1. The minimum Gasteiger partial charge on any atom is -0.300 e. The van der Waals surface area contributed by atoms with E-state index in [0.717, 1.165) is 12.8 Å². The van der Waals surface area contributed by atoms with Gasteiger partial charge in [0, 0.05) is 18.8 Å². The highest BCUT2D eigenvalue weighted by Gasteiger charge is 2.15. The summed E-state index contributed by atoms with van der Waals surface area (Å²) in [6.07, 6.45) is 2.84. The van der Waals surface area contributed by atoms with Crippen LogP contribution in [0.15, 0.2) is 24.3 Å². The first kappa shape index (κ1) is 17.6. The Hall–Kier alpha value is -1.44. The first-order chi connectivity index (χ1) is 9.67. The van der Waals surface area contributed by atoms with Gasteiger partial charge in [-0.15, -0.1) is 0 Å². The van der Waals surface area contributed by atoms with Crippen molar-refractivity contribution in [3.05, 3.63) is 35.4 Å². The van der Waals surface area contributed by atoms with E-state index >= 15 is 0 Å². The fraction of sp³-hybridized carbons (Fsp3) is 0.579. The van der Waals surface area contributed by atoms with Crippen LogP contribution < -0.4 is 0 Å². The van der Waals surface area contributed by atoms with Gasteiger partial charge in [0.2, 0.25) is 0 Å². The molecule has 0 spiro atoms. The fourth-order valence-corrected chi connectivity index (χ4v) is 2.30. The van der Waals surface area contributed by atoms with Crippen molar-refractivity contribution < 1.29 is 9.59 Å².